The number of ether oxygens (including phenoxy) is 3. The molecule has 0 amide bonds. The number of nitrogens with two attached hydrogens (primary N) is 1. The van der Waals surface area contributed by atoms with Crippen molar-refractivity contribution in [2.24, 2.45) is 5.73 Å². The summed E-state index contributed by atoms with van der Waals surface area (Å²) in [6.07, 6.45) is -3.62. The highest BCUT2D eigenvalue weighted by Crippen LogP contribution is 2.28. The molecule has 0 radical (unpaired) electrons. The van der Waals surface area contributed by atoms with Crippen LogP contribution in [0.1, 0.15) is 12.5 Å². The van der Waals surface area contributed by atoms with Gasteiger partial charge in [0.15, 0.2) is 11.5 Å². The number of alkyl halides is 3. The molecular weight excluding hydrogens is 287 g/mol. The van der Waals surface area contributed by atoms with Gasteiger partial charge in [-0.05, 0) is 31.0 Å². The van der Waals surface area contributed by atoms with Crippen molar-refractivity contribution in [1.82, 2.24) is 0 Å². The summed E-state index contributed by atoms with van der Waals surface area (Å²) < 4.78 is 50.6. The van der Waals surface area contributed by atoms with Crippen molar-refractivity contribution >= 4 is 0 Å². The van der Waals surface area contributed by atoms with E-state index in [2.05, 4.69) is 4.74 Å². The van der Waals surface area contributed by atoms with Crippen LogP contribution >= 0.6 is 0 Å². The third-order valence-corrected chi connectivity index (χ3v) is 2.54. The van der Waals surface area contributed by atoms with Crippen LogP contribution in [0.2, 0.25) is 0 Å². The second-order valence-electron chi connectivity index (χ2n) is 4.68. The Balaban J connectivity index is 2.47. The summed E-state index contributed by atoms with van der Waals surface area (Å²) in [6, 6.07) is 5.38. The van der Waals surface area contributed by atoms with E-state index < -0.39 is 12.8 Å². The molecule has 0 spiro atoms. The molecule has 0 aliphatic heterocycles. The van der Waals surface area contributed by atoms with E-state index >= 15 is 0 Å². The van der Waals surface area contributed by atoms with Crippen LogP contribution < -0.4 is 15.2 Å². The van der Waals surface area contributed by atoms with Crippen LogP contribution in [-0.2, 0) is 11.2 Å². The van der Waals surface area contributed by atoms with E-state index in [1.54, 1.807) is 12.1 Å². The summed E-state index contributed by atoms with van der Waals surface area (Å²) >= 11 is 0. The second-order valence-corrected chi connectivity index (χ2v) is 4.68. The molecule has 0 fully saturated rings. The predicted molar refractivity (Wildman–Crippen MR) is 72.7 cm³/mol. The van der Waals surface area contributed by atoms with Crippen molar-refractivity contribution in [2.45, 2.75) is 25.6 Å². The van der Waals surface area contributed by atoms with Gasteiger partial charge < -0.3 is 19.9 Å². The first-order chi connectivity index (χ1) is 9.81. The molecule has 0 saturated heterocycles. The summed E-state index contributed by atoms with van der Waals surface area (Å²) in [4.78, 5) is 0. The largest absolute Gasteiger partial charge is 0.493 e. The van der Waals surface area contributed by atoms with Crippen molar-refractivity contribution in [3.63, 3.8) is 0 Å². The van der Waals surface area contributed by atoms with Gasteiger partial charge in [-0.1, -0.05) is 6.07 Å². The zero-order chi connectivity index (χ0) is 15.9. The predicted octanol–water partition coefficient (Wildman–Crippen LogP) is 2.54. The van der Waals surface area contributed by atoms with Crippen molar-refractivity contribution in [1.29, 1.82) is 0 Å². The Bertz CT molecular complexity index is 436. The fourth-order valence-corrected chi connectivity index (χ4v) is 1.73. The minimum atomic E-state index is -4.32. The number of halogens is 3. The van der Waals surface area contributed by atoms with E-state index in [1.165, 1.54) is 7.11 Å². The van der Waals surface area contributed by atoms with Crippen LogP contribution in [-0.4, -0.2) is 39.1 Å². The standard InChI is InChI=1S/C14H20F3NO3/c1-10(18)7-11-3-4-12(13(8-11)19-2)21-6-5-20-9-14(15,16)17/h3-4,8,10H,5-7,9,18H2,1-2H3. The van der Waals surface area contributed by atoms with Gasteiger partial charge in [0.05, 0.1) is 13.7 Å². The molecular formula is C14H20F3NO3. The molecule has 120 valence electrons. The first-order valence-electron chi connectivity index (χ1n) is 6.51. The van der Waals surface area contributed by atoms with E-state index in [-0.39, 0.29) is 19.3 Å². The summed E-state index contributed by atoms with van der Waals surface area (Å²) in [5.74, 6) is 0.977. The second kappa shape index (κ2) is 8.09. The molecule has 1 aromatic carbocycles. The van der Waals surface area contributed by atoms with Gasteiger partial charge in [-0.3, -0.25) is 0 Å². The summed E-state index contributed by atoms with van der Waals surface area (Å²) in [5.41, 5.74) is 6.72. The summed E-state index contributed by atoms with van der Waals surface area (Å²) in [7, 11) is 1.50. The molecule has 21 heavy (non-hydrogen) atoms. The molecule has 0 saturated carbocycles. The zero-order valence-corrected chi connectivity index (χ0v) is 12.1. The van der Waals surface area contributed by atoms with Gasteiger partial charge in [0.2, 0.25) is 0 Å². The number of hydrogen-bond acceptors (Lipinski definition) is 4. The van der Waals surface area contributed by atoms with Crippen LogP contribution in [0.5, 0.6) is 11.5 Å². The summed E-state index contributed by atoms with van der Waals surface area (Å²) in [5, 5.41) is 0. The van der Waals surface area contributed by atoms with Crippen LogP contribution in [0.25, 0.3) is 0 Å². The highest BCUT2D eigenvalue weighted by Gasteiger charge is 2.27. The minimum absolute atomic E-state index is 0.0130. The molecule has 2 N–H and O–H groups in total. The normalized spacial score (nSPS) is 13.0. The zero-order valence-electron chi connectivity index (χ0n) is 12.1. The molecule has 1 unspecified atom stereocenters. The maximum absolute atomic E-state index is 11.9. The molecule has 1 atom stereocenters. The Morgan fingerprint density at radius 1 is 1.19 bits per heavy atom. The number of methoxy groups -OCH3 is 1. The van der Waals surface area contributed by atoms with E-state index in [0.717, 1.165) is 5.56 Å². The molecule has 0 aromatic heterocycles. The Labute approximate surface area is 122 Å². The van der Waals surface area contributed by atoms with Gasteiger partial charge in [-0.25, -0.2) is 0 Å². The topological polar surface area (TPSA) is 53.7 Å². The van der Waals surface area contributed by atoms with E-state index in [1.807, 2.05) is 13.0 Å². The van der Waals surface area contributed by atoms with Crippen molar-refractivity contribution in [2.75, 3.05) is 26.9 Å². The quantitative estimate of drug-likeness (QED) is 0.750. The first kappa shape index (κ1) is 17.6. The Hall–Kier alpha value is -1.47. The Morgan fingerprint density at radius 3 is 2.48 bits per heavy atom. The van der Waals surface area contributed by atoms with Crippen LogP contribution in [0.3, 0.4) is 0 Å². The Morgan fingerprint density at radius 2 is 1.90 bits per heavy atom. The number of rotatable bonds is 8. The average molecular weight is 307 g/mol. The Kier molecular flexibility index (Phi) is 6.77. The van der Waals surface area contributed by atoms with Crippen molar-refractivity contribution < 1.29 is 27.4 Å². The summed E-state index contributed by atoms with van der Waals surface area (Å²) in [6.45, 7) is 0.485. The average Bonchev–Trinajstić information content (AvgIpc) is 2.37. The number of hydrogen-bond donors (Lipinski definition) is 1. The molecule has 1 aromatic rings. The third kappa shape index (κ3) is 7.19. The monoisotopic (exact) mass is 307 g/mol. The highest BCUT2D eigenvalue weighted by atomic mass is 19.4. The maximum Gasteiger partial charge on any atom is 0.411 e. The van der Waals surface area contributed by atoms with Gasteiger partial charge in [0.25, 0.3) is 0 Å². The van der Waals surface area contributed by atoms with Gasteiger partial charge >= 0.3 is 6.18 Å². The van der Waals surface area contributed by atoms with Crippen LogP contribution in [0.4, 0.5) is 13.2 Å². The molecule has 0 aliphatic rings. The number of benzene rings is 1. The lowest BCUT2D eigenvalue weighted by molar-refractivity contribution is -0.175. The van der Waals surface area contributed by atoms with E-state index in [9.17, 15) is 13.2 Å². The maximum atomic E-state index is 11.9. The smallest absolute Gasteiger partial charge is 0.411 e. The lowest BCUT2D eigenvalue weighted by Crippen LogP contribution is -2.19. The van der Waals surface area contributed by atoms with Crippen molar-refractivity contribution in [3.8, 4) is 11.5 Å². The molecule has 0 aliphatic carbocycles. The molecule has 4 nitrogen and oxygen atoms in total. The highest BCUT2D eigenvalue weighted by molar-refractivity contribution is 5.43. The molecule has 0 bridgehead atoms. The lowest BCUT2D eigenvalue weighted by atomic mass is 10.1. The van der Waals surface area contributed by atoms with Gasteiger partial charge in [0, 0.05) is 6.04 Å². The van der Waals surface area contributed by atoms with Crippen LogP contribution in [0.15, 0.2) is 18.2 Å². The molecule has 0 heterocycles. The fraction of sp³-hybridized carbons (Fsp3) is 0.571. The SMILES string of the molecule is COc1cc(CC(C)N)ccc1OCCOCC(F)(F)F. The molecule has 1 rings (SSSR count). The third-order valence-electron chi connectivity index (χ3n) is 2.54. The van der Waals surface area contributed by atoms with Gasteiger partial charge in [-0.15, -0.1) is 0 Å². The minimum Gasteiger partial charge on any atom is -0.493 e. The van der Waals surface area contributed by atoms with Gasteiger partial charge in [0.1, 0.15) is 13.2 Å². The van der Waals surface area contributed by atoms with Gasteiger partial charge in [-0.2, -0.15) is 13.2 Å². The first-order valence-corrected chi connectivity index (χ1v) is 6.51. The van der Waals surface area contributed by atoms with E-state index in [4.69, 9.17) is 15.2 Å². The van der Waals surface area contributed by atoms with E-state index in [0.29, 0.717) is 17.9 Å². The van der Waals surface area contributed by atoms with Crippen LogP contribution in [0, 0.1) is 0 Å². The lowest BCUT2D eigenvalue weighted by Gasteiger charge is -2.13. The molecule has 7 heteroatoms. The fourth-order valence-electron chi connectivity index (χ4n) is 1.73. The van der Waals surface area contributed by atoms with Crippen molar-refractivity contribution in [3.05, 3.63) is 23.8 Å².